The fourth-order valence-electron chi connectivity index (χ4n) is 3.43. The van der Waals surface area contributed by atoms with Crippen molar-refractivity contribution in [2.75, 3.05) is 13.1 Å². The molecule has 3 atom stereocenters. The first kappa shape index (κ1) is 15.1. The monoisotopic (exact) mass is 279 g/mol. The molecule has 1 aliphatic rings. The quantitative estimate of drug-likeness (QED) is 0.711. The van der Waals surface area contributed by atoms with Gasteiger partial charge in [0.05, 0.1) is 0 Å². The second-order valence-corrected chi connectivity index (χ2v) is 7.09. The molecule has 0 saturated heterocycles. The molecule has 2 heteroatoms. The van der Waals surface area contributed by atoms with E-state index >= 15 is 0 Å². The van der Waals surface area contributed by atoms with E-state index in [2.05, 4.69) is 36.0 Å². The number of thiophene rings is 1. The molecule has 2 rings (SSSR count). The summed E-state index contributed by atoms with van der Waals surface area (Å²) in [6.07, 6.45) is 8.25. The predicted octanol–water partition coefficient (Wildman–Crippen LogP) is 4.73. The molecule has 0 aliphatic heterocycles. The van der Waals surface area contributed by atoms with Gasteiger partial charge in [0, 0.05) is 0 Å². The number of rotatable bonds is 7. The summed E-state index contributed by atoms with van der Waals surface area (Å²) in [5.74, 6) is 2.80. The number of nitrogens with one attached hydrogen (secondary N) is 1. The maximum atomic E-state index is 3.64. The summed E-state index contributed by atoms with van der Waals surface area (Å²) in [5.41, 5.74) is 1.54. The highest BCUT2D eigenvalue weighted by Gasteiger charge is 2.27. The van der Waals surface area contributed by atoms with Gasteiger partial charge in [-0.3, -0.25) is 0 Å². The second-order valence-electron chi connectivity index (χ2n) is 6.31. The third-order valence-corrected chi connectivity index (χ3v) is 5.35. The zero-order valence-corrected chi connectivity index (χ0v) is 13.3. The Hall–Kier alpha value is -0.340. The largest absolute Gasteiger partial charge is 0.316 e. The second kappa shape index (κ2) is 8.06. The summed E-state index contributed by atoms with van der Waals surface area (Å²) < 4.78 is 0. The minimum absolute atomic E-state index is 0.918. The van der Waals surface area contributed by atoms with Gasteiger partial charge < -0.3 is 5.32 Å². The van der Waals surface area contributed by atoms with Gasteiger partial charge in [0.2, 0.25) is 0 Å². The van der Waals surface area contributed by atoms with Crippen LogP contribution in [0.25, 0.3) is 0 Å². The molecule has 1 aromatic heterocycles. The van der Waals surface area contributed by atoms with Gasteiger partial charge in [-0.2, -0.15) is 11.3 Å². The van der Waals surface area contributed by atoms with Crippen LogP contribution in [0.15, 0.2) is 16.8 Å². The molecular formula is C17H29NS. The van der Waals surface area contributed by atoms with Gasteiger partial charge in [0.1, 0.15) is 0 Å². The first-order chi connectivity index (χ1) is 9.29. The van der Waals surface area contributed by atoms with Crippen LogP contribution >= 0.6 is 11.3 Å². The van der Waals surface area contributed by atoms with E-state index in [1.807, 2.05) is 11.3 Å². The Morgan fingerprint density at radius 2 is 2.21 bits per heavy atom. The van der Waals surface area contributed by atoms with E-state index < -0.39 is 0 Å². The van der Waals surface area contributed by atoms with Crippen molar-refractivity contribution in [2.45, 2.75) is 52.4 Å². The predicted molar refractivity (Wildman–Crippen MR) is 85.8 cm³/mol. The Morgan fingerprint density at radius 1 is 1.32 bits per heavy atom. The molecule has 108 valence electrons. The lowest BCUT2D eigenvalue weighted by Crippen LogP contribution is -2.33. The molecular weight excluding hydrogens is 250 g/mol. The van der Waals surface area contributed by atoms with Gasteiger partial charge in [-0.1, -0.05) is 20.3 Å². The summed E-state index contributed by atoms with van der Waals surface area (Å²) in [7, 11) is 0. The van der Waals surface area contributed by atoms with Crippen LogP contribution in [0.3, 0.4) is 0 Å². The third-order valence-electron chi connectivity index (χ3n) is 4.62. The standard InChI is InChI=1S/C17H29NS/c1-3-9-18-12-17-6-4-14(2)11-16(17)7-5-15-8-10-19-13-15/h8,10,13-14,16-18H,3-7,9,11-12H2,1-2H3. The molecule has 1 aromatic rings. The van der Waals surface area contributed by atoms with Gasteiger partial charge in [-0.25, -0.2) is 0 Å². The zero-order valence-electron chi connectivity index (χ0n) is 12.5. The first-order valence-corrected chi connectivity index (χ1v) is 8.95. The molecule has 1 aliphatic carbocycles. The minimum Gasteiger partial charge on any atom is -0.316 e. The summed E-state index contributed by atoms with van der Waals surface area (Å²) >= 11 is 1.83. The Bertz CT molecular complexity index is 333. The maximum absolute atomic E-state index is 3.64. The molecule has 1 saturated carbocycles. The Balaban J connectivity index is 1.81. The highest BCUT2D eigenvalue weighted by Crippen LogP contribution is 2.36. The van der Waals surface area contributed by atoms with Crippen molar-refractivity contribution in [1.82, 2.24) is 5.32 Å². The lowest BCUT2D eigenvalue weighted by atomic mass is 9.72. The normalized spacial score (nSPS) is 27.6. The van der Waals surface area contributed by atoms with Crippen LogP contribution in [0.1, 0.15) is 51.5 Å². The molecule has 1 fully saturated rings. The molecule has 0 spiro atoms. The van der Waals surface area contributed by atoms with E-state index in [4.69, 9.17) is 0 Å². The van der Waals surface area contributed by atoms with Crippen molar-refractivity contribution >= 4 is 11.3 Å². The number of hydrogen-bond acceptors (Lipinski definition) is 2. The zero-order chi connectivity index (χ0) is 13.5. The lowest BCUT2D eigenvalue weighted by molar-refractivity contribution is 0.175. The summed E-state index contributed by atoms with van der Waals surface area (Å²) in [6.45, 7) is 7.12. The SMILES string of the molecule is CCCNCC1CCC(C)CC1CCc1ccsc1. The molecule has 3 unspecified atom stereocenters. The van der Waals surface area contributed by atoms with E-state index in [-0.39, 0.29) is 0 Å². The molecule has 0 amide bonds. The average Bonchev–Trinajstić information content (AvgIpc) is 2.92. The van der Waals surface area contributed by atoms with Crippen LogP contribution in [0.2, 0.25) is 0 Å². The Labute approximate surface area is 122 Å². The topological polar surface area (TPSA) is 12.0 Å². The maximum Gasteiger partial charge on any atom is -0.00179 e. The molecule has 1 N–H and O–H groups in total. The summed E-state index contributed by atoms with van der Waals surface area (Å²) in [5, 5.41) is 8.17. The fourth-order valence-corrected chi connectivity index (χ4v) is 4.14. The van der Waals surface area contributed by atoms with Crippen LogP contribution in [-0.4, -0.2) is 13.1 Å². The van der Waals surface area contributed by atoms with Gasteiger partial charge in [-0.05, 0) is 85.3 Å². The van der Waals surface area contributed by atoms with Gasteiger partial charge in [0.25, 0.3) is 0 Å². The van der Waals surface area contributed by atoms with Gasteiger partial charge in [0.15, 0.2) is 0 Å². The molecule has 0 aromatic carbocycles. The number of hydrogen-bond donors (Lipinski definition) is 1. The molecule has 1 nitrogen and oxygen atoms in total. The van der Waals surface area contributed by atoms with Gasteiger partial charge in [-0.15, -0.1) is 0 Å². The van der Waals surface area contributed by atoms with E-state index in [9.17, 15) is 0 Å². The van der Waals surface area contributed by atoms with Crippen LogP contribution in [0.4, 0.5) is 0 Å². The van der Waals surface area contributed by atoms with E-state index in [0.29, 0.717) is 0 Å². The highest BCUT2D eigenvalue weighted by molar-refractivity contribution is 7.07. The number of aryl methyl sites for hydroxylation is 1. The van der Waals surface area contributed by atoms with Gasteiger partial charge >= 0.3 is 0 Å². The summed E-state index contributed by atoms with van der Waals surface area (Å²) in [4.78, 5) is 0. The minimum atomic E-state index is 0.918. The molecule has 1 heterocycles. The van der Waals surface area contributed by atoms with Crippen molar-refractivity contribution in [3.8, 4) is 0 Å². The van der Waals surface area contributed by atoms with Crippen molar-refractivity contribution in [3.63, 3.8) is 0 Å². The molecule has 0 bridgehead atoms. The Kier molecular flexibility index (Phi) is 6.39. The molecule has 0 radical (unpaired) electrons. The van der Waals surface area contributed by atoms with E-state index in [1.54, 1.807) is 5.56 Å². The van der Waals surface area contributed by atoms with Crippen molar-refractivity contribution in [3.05, 3.63) is 22.4 Å². The summed E-state index contributed by atoms with van der Waals surface area (Å²) in [6, 6.07) is 2.29. The first-order valence-electron chi connectivity index (χ1n) is 8.01. The highest BCUT2D eigenvalue weighted by atomic mass is 32.1. The van der Waals surface area contributed by atoms with Crippen molar-refractivity contribution in [2.24, 2.45) is 17.8 Å². The smallest absolute Gasteiger partial charge is 0.00179 e. The van der Waals surface area contributed by atoms with Crippen molar-refractivity contribution < 1.29 is 0 Å². The lowest BCUT2D eigenvalue weighted by Gasteiger charge is -2.35. The van der Waals surface area contributed by atoms with E-state index in [1.165, 1.54) is 51.6 Å². The van der Waals surface area contributed by atoms with E-state index in [0.717, 1.165) is 17.8 Å². The third kappa shape index (κ3) is 4.92. The Morgan fingerprint density at radius 3 is 2.95 bits per heavy atom. The molecule has 19 heavy (non-hydrogen) atoms. The van der Waals surface area contributed by atoms with Crippen LogP contribution in [-0.2, 0) is 6.42 Å². The van der Waals surface area contributed by atoms with Crippen LogP contribution in [0.5, 0.6) is 0 Å². The average molecular weight is 279 g/mol. The van der Waals surface area contributed by atoms with Crippen LogP contribution < -0.4 is 5.32 Å². The fraction of sp³-hybridized carbons (Fsp3) is 0.765. The van der Waals surface area contributed by atoms with Crippen LogP contribution in [0, 0.1) is 17.8 Å². The van der Waals surface area contributed by atoms with Crippen molar-refractivity contribution in [1.29, 1.82) is 0 Å².